The summed E-state index contributed by atoms with van der Waals surface area (Å²) in [5.41, 5.74) is 1.00. The van der Waals surface area contributed by atoms with Crippen molar-refractivity contribution in [2.75, 3.05) is 63.8 Å². The van der Waals surface area contributed by atoms with Crippen molar-refractivity contribution in [2.45, 2.75) is 77.5 Å². The number of aromatic amines is 1. The zero-order valence-corrected chi connectivity index (χ0v) is 40.7. The lowest BCUT2D eigenvalue weighted by molar-refractivity contribution is -0.274. The Kier molecular flexibility index (Phi) is 17.7. The van der Waals surface area contributed by atoms with Gasteiger partial charge in [-0.1, -0.05) is 56.6 Å². The minimum Gasteiger partial charge on any atom is -0.453 e. The number of piperazine rings is 1. The average molecular weight is 1010 g/mol. The molecule has 5 heterocycles. The number of imidazole rings is 1. The van der Waals surface area contributed by atoms with Gasteiger partial charge in [0.25, 0.3) is 5.91 Å². The number of anilines is 2. The van der Waals surface area contributed by atoms with E-state index in [2.05, 4.69) is 25.3 Å². The van der Waals surface area contributed by atoms with Crippen LogP contribution in [-0.4, -0.2) is 127 Å². The number of alkyl halides is 3. The smallest absolute Gasteiger partial charge is 0.453 e. The second-order valence-electron chi connectivity index (χ2n) is 17.7. The Morgan fingerprint density at radius 3 is 2.25 bits per heavy atom. The minimum absolute atomic E-state index is 0. The molecule has 0 unspecified atom stereocenters. The van der Waals surface area contributed by atoms with E-state index in [1.165, 1.54) is 19.4 Å². The van der Waals surface area contributed by atoms with E-state index in [4.69, 9.17) is 30.8 Å². The minimum atomic E-state index is -5.07. The van der Waals surface area contributed by atoms with Crippen LogP contribution >= 0.6 is 36.4 Å². The number of methoxy groups -OCH3 is 2. The van der Waals surface area contributed by atoms with E-state index in [1.807, 2.05) is 37.5 Å². The van der Waals surface area contributed by atoms with Crippen molar-refractivity contribution >= 4 is 71.7 Å². The zero-order valence-electron chi connectivity index (χ0n) is 38.4. The first-order chi connectivity index (χ1) is 31.3. The lowest BCUT2D eigenvalue weighted by Crippen LogP contribution is -2.56. The maximum atomic E-state index is 14.2. The predicted molar refractivity (Wildman–Crippen MR) is 253 cm³/mol. The summed E-state index contributed by atoms with van der Waals surface area (Å²) in [4.78, 5) is 70.8. The summed E-state index contributed by atoms with van der Waals surface area (Å²) in [5, 5.41) is 5.28. The molecule has 0 radical (unpaired) electrons. The van der Waals surface area contributed by atoms with Crippen molar-refractivity contribution in [3.63, 3.8) is 0 Å². The lowest BCUT2D eigenvalue weighted by Gasteiger charge is -2.42. The number of carbonyl (C=O) groups is 4. The molecule has 0 aliphatic carbocycles. The fraction of sp³-hybridized carbons (Fsp3) is 0.478. The van der Waals surface area contributed by atoms with Crippen LogP contribution in [0.4, 0.5) is 29.5 Å². The van der Waals surface area contributed by atoms with Gasteiger partial charge in [0.1, 0.15) is 23.4 Å². The molecule has 370 valence electrons. The number of amides is 4. The van der Waals surface area contributed by atoms with Gasteiger partial charge in [-0.15, -0.1) is 38.0 Å². The SMILES string of the molecule is COC(=O)N[C@H](C(=O)N1C[C@@H](OC)C[C@H]1c1nc(-c2ccc(-c3cc(Cl)c(NC(=O)c4ccc(N5CCN(C(=O)C(C)(C)C)C[C@H]5C)nc4)cc3OC(F)(F)F)cc2)c[nH]1)C1CCOCC1.Cl.Cl. The molecule has 0 saturated carbocycles. The Balaban J connectivity index is 0.00000432. The van der Waals surface area contributed by atoms with Crippen molar-refractivity contribution in [3.05, 3.63) is 77.3 Å². The van der Waals surface area contributed by atoms with Crippen molar-refractivity contribution in [3.8, 4) is 28.1 Å². The fourth-order valence-corrected chi connectivity index (χ4v) is 8.88. The molecule has 22 heteroatoms. The largest absolute Gasteiger partial charge is 0.573 e. The highest BCUT2D eigenvalue weighted by Crippen LogP contribution is 2.41. The standard InChI is InChI=1S/C46H54ClF3N8O8.2ClH/c1-26-24-56(43(61)45(2,3)4)15-16-57(26)38-12-11-30(22-51-38)41(59)54-34-21-37(66-46(48,49)50)32(20-33(34)47)27-7-9-28(10-8-27)35-23-52-40(53-35)36-19-31(63-5)25-58(36)42(60)39(55-44(62)64-6)29-13-17-65-18-14-29;;/h7-12,20-23,26,29,31,36,39H,13-19,24-25H2,1-6H3,(H,52,53)(H,54,59)(H,55,62);2*1H/t26-,31+,36+,39+;;/m1../s1. The molecule has 4 atom stereocenters. The number of pyridine rings is 1. The van der Waals surface area contributed by atoms with Crippen molar-refractivity contribution in [1.82, 2.24) is 30.1 Å². The normalized spacial score (nSPS) is 19.3. The maximum absolute atomic E-state index is 14.2. The molecule has 7 rings (SSSR count). The van der Waals surface area contributed by atoms with Gasteiger partial charge in [0.05, 0.1) is 41.2 Å². The lowest BCUT2D eigenvalue weighted by atomic mass is 9.90. The number of benzene rings is 2. The molecule has 2 aromatic heterocycles. The number of carbonyl (C=O) groups excluding carboxylic acids is 4. The first-order valence-electron chi connectivity index (χ1n) is 21.7. The zero-order chi connectivity index (χ0) is 47.5. The number of H-pyrrole nitrogens is 1. The number of rotatable bonds is 11. The molecule has 2 aromatic carbocycles. The Hall–Kier alpha value is -5.34. The van der Waals surface area contributed by atoms with E-state index in [-0.39, 0.29) is 83.1 Å². The van der Waals surface area contributed by atoms with Gasteiger partial charge in [-0.25, -0.2) is 14.8 Å². The summed E-state index contributed by atoms with van der Waals surface area (Å²) in [5.74, 6) is -0.535. The first kappa shape index (κ1) is 53.6. The third kappa shape index (κ3) is 12.5. The second kappa shape index (κ2) is 22.4. The van der Waals surface area contributed by atoms with Gasteiger partial charge in [-0.2, -0.15) is 0 Å². The van der Waals surface area contributed by atoms with Gasteiger partial charge in [0.15, 0.2) is 0 Å². The number of hydrogen-bond acceptors (Lipinski definition) is 11. The predicted octanol–water partition coefficient (Wildman–Crippen LogP) is 8.31. The molecule has 3 fully saturated rings. The number of aromatic nitrogens is 3. The Bertz CT molecular complexity index is 2400. The Morgan fingerprint density at radius 2 is 1.65 bits per heavy atom. The summed E-state index contributed by atoms with van der Waals surface area (Å²) in [6, 6.07) is 10.7. The van der Waals surface area contributed by atoms with E-state index in [9.17, 15) is 32.3 Å². The molecule has 4 amide bonds. The number of hydrogen-bond donors (Lipinski definition) is 3. The first-order valence-corrected chi connectivity index (χ1v) is 22.1. The van der Waals surface area contributed by atoms with Gasteiger partial charge in [0, 0.05) is 94.0 Å². The van der Waals surface area contributed by atoms with Crippen molar-refractivity contribution in [1.29, 1.82) is 0 Å². The molecular weight excluding hydrogens is 956 g/mol. The summed E-state index contributed by atoms with van der Waals surface area (Å²) < 4.78 is 62.0. The molecule has 68 heavy (non-hydrogen) atoms. The fourth-order valence-electron chi connectivity index (χ4n) is 8.67. The highest BCUT2D eigenvalue weighted by molar-refractivity contribution is 6.34. The van der Waals surface area contributed by atoms with Crippen LogP contribution in [0.15, 0.2) is 60.9 Å². The summed E-state index contributed by atoms with van der Waals surface area (Å²) >= 11 is 6.62. The van der Waals surface area contributed by atoms with E-state index in [1.54, 1.807) is 54.6 Å². The summed E-state index contributed by atoms with van der Waals surface area (Å²) in [6.07, 6.45) is -1.43. The van der Waals surface area contributed by atoms with Crippen LogP contribution in [0, 0.1) is 11.3 Å². The van der Waals surface area contributed by atoms with Crippen LogP contribution in [0.5, 0.6) is 5.75 Å². The van der Waals surface area contributed by atoms with Crippen LogP contribution in [0.1, 0.15) is 69.2 Å². The number of halogens is 6. The van der Waals surface area contributed by atoms with E-state index >= 15 is 0 Å². The molecular formula is C46H56Cl3F3N8O8. The number of alkyl carbamates (subject to hydrolysis) is 1. The molecule has 4 aromatic rings. The third-order valence-corrected chi connectivity index (χ3v) is 12.5. The highest BCUT2D eigenvalue weighted by Gasteiger charge is 2.43. The van der Waals surface area contributed by atoms with Gasteiger partial charge in [-0.3, -0.25) is 14.4 Å². The average Bonchev–Trinajstić information content (AvgIpc) is 3.97. The van der Waals surface area contributed by atoms with Crippen LogP contribution in [0.2, 0.25) is 5.02 Å². The summed E-state index contributed by atoms with van der Waals surface area (Å²) in [6.45, 7) is 10.4. The Labute approximate surface area is 409 Å². The summed E-state index contributed by atoms with van der Waals surface area (Å²) in [7, 11) is 2.81. The van der Waals surface area contributed by atoms with Crippen LogP contribution in [0.3, 0.4) is 0 Å². The van der Waals surface area contributed by atoms with Crippen molar-refractivity contribution < 1.29 is 51.3 Å². The number of ether oxygens (including phenoxy) is 4. The monoisotopic (exact) mass is 1010 g/mol. The molecule has 16 nitrogen and oxygen atoms in total. The topological polar surface area (TPSA) is 181 Å². The number of nitrogens with one attached hydrogen (secondary N) is 3. The highest BCUT2D eigenvalue weighted by atomic mass is 35.5. The van der Waals surface area contributed by atoms with E-state index < -0.39 is 41.6 Å². The molecule has 3 aliphatic heterocycles. The molecule has 0 bridgehead atoms. The quantitative estimate of drug-likeness (QED) is 0.132. The second-order valence-corrected chi connectivity index (χ2v) is 18.1. The van der Waals surface area contributed by atoms with Crippen LogP contribution in [-0.2, 0) is 23.8 Å². The van der Waals surface area contributed by atoms with Crippen LogP contribution in [0.25, 0.3) is 22.4 Å². The van der Waals surface area contributed by atoms with Crippen molar-refractivity contribution in [2.24, 2.45) is 11.3 Å². The van der Waals surface area contributed by atoms with Gasteiger partial charge < -0.3 is 49.3 Å². The number of nitrogens with zero attached hydrogens (tertiary/aromatic N) is 5. The molecule has 3 N–H and O–H groups in total. The van der Waals surface area contributed by atoms with E-state index in [0.717, 1.165) is 6.07 Å². The van der Waals surface area contributed by atoms with Crippen LogP contribution < -0.4 is 20.3 Å². The maximum Gasteiger partial charge on any atom is 0.573 e. The van der Waals surface area contributed by atoms with Gasteiger partial charge in [0.2, 0.25) is 11.8 Å². The van der Waals surface area contributed by atoms with Gasteiger partial charge in [-0.05, 0) is 49.4 Å². The molecule has 3 saturated heterocycles. The molecule has 3 aliphatic rings. The van der Waals surface area contributed by atoms with Gasteiger partial charge >= 0.3 is 12.5 Å². The van der Waals surface area contributed by atoms with E-state index in [0.29, 0.717) is 80.6 Å². The Morgan fingerprint density at radius 1 is 0.956 bits per heavy atom. The molecule has 0 spiro atoms. The third-order valence-electron chi connectivity index (χ3n) is 12.2. The number of likely N-dealkylation sites (tertiary alicyclic amines) is 1.